The molecule has 8 nitrogen and oxygen atoms in total. The Hall–Kier alpha value is -3.56. The van der Waals surface area contributed by atoms with Crippen LogP contribution in [0.25, 0.3) is 0 Å². The predicted octanol–water partition coefficient (Wildman–Crippen LogP) is 5.93. The molecule has 1 heterocycles. The van der Waals surface area contributed by atoms with E-state index < -0.39 is 10.0 Å². The van der Waals surface area contributed by atoms with Gasteiger partial charge in [0.15, 0.2) is 11.5 Å². The lowest BCUT2D eigenvalue weighted by Crippen LogP contribution is -2.53. The highest BCUT2D eigenvalue weighted by molar-refractivity contribution is 7.89. The van der Waals surface area contributed by atoms with E-state index >= 15 is 0 Å². The molecule has 3 aromatic rings. The van der Waals surface area contributed by atoms with Crippen LogP contribution in [-0.4, -0.2) is 64.1 Å². The zero-order chi connectivity index (χ0) is 31.5. The fourth-order valence-electron chi connectivity index (χ4n) is 5.67. The number of rotatable bonds is 8. The Morgan fingerprint density at radius 3 is 2.02 bits per heavy atom. The first kappa shape index (κ1) is 32.4. The molecule has 1 aliphatic rings. The van der Waals surface area contributed by atoms with Crippen LogP contribution in [0.5, 0.6) is 11.5 Å². The van der Waals surface area contributed by atoms with Gasteiger partial charge < -0.3 is 19.7 Å². The van der Waals surface area contributed by atoms with Crippen LogP contribution < -0.4 is 14.8 Å². The van der Waals surface area contributed by atoms with Gasteiger partial charge in [0.2, 0.25) is 10.0 Å². The van der Waals surface area contributed by atoms with Crippen molar-refractivity contribution in [3.63, 3.8) is 0 Å². The standard InChI is InChI=1S/C34H45N3O5S/c1-23-11-9-10-12-26(23)21-29(27-13-14-30(41-7)31(22-27)42-8)35-33(38)36-15-17-37(18-16-36)43(39,40)32-24(2)19-28(20-25(32)3)34(4,5)6/h9-14,19-20,22,29H,15-18,21H2,1-8H3,(H,35,38). The average molecular weight is 608 g/mol. The van der Waals surface area contributed by atoms with Gasteiger partial charge in [0.1, 0.15) is 0 Å². The van der Waals surface area contributed by atoms with Crippen LogP contribution in [0.2, 0.25) is 0 Å². The number of aryl methyl sites for hydroxylation is 3. The minimum absolute atomic E-state index is 0.0786. The maximum absolute atomic E-state index is 13.8. The summed E-state index contributed by atoms with van der Waals surface area (Å²) < 4.78 is 40.0. The lowest BCUT2D eigenvalue weighted by Gasteiger charge is -2.35. The number of carbonyl (C=O) groups excluding carboxylic acids is 1. The summed E-state index contributed by atoms with van der Waals surface area (Å²) in [5.74, 6) is 1.20. The van der Waals surface area contributed by atoms with E-state index in [2.05, 4.69) is 45.1 Å². The number of urea groups is 1. The zero-order valence-electron chi connectivity index (χ0n) is 26.7. The Labute approximate surface area is 257 Å². The first-order chi connectivity index (χ1) is 20.3. The summed E-state index contributed by atoms with van der Waals surface area (Å²) in [6, 6.07) is 17.2. The Kier molecular flexibility index (Phi) is 9.76. The fourth-order valence-corrected chi connectivity index (χ4v) is 7.51. The summed E-state index contributed by atoms with van der Waals surface area (Å²) in [5, 5.41) is 3.21. The first-order valence-electron chi connectivity index (χ1n) is 14.7. The molecule has 0 radical (unpaired) electrons. The summed E-state index contributed by atoms with van der Waals surface area (Å²) in [6.45, 7) is 13.2. The van der Waals surface area contributed by atoms with Crippen molar-refractivity contribution in [3.8, 4) is 11.5 Å². The van der Waals surface area contributed by atoms with Crippen LogP contribution in [0.15, 0.2) is 59.5 Å². The van der Waals surface area contributed by atoms with Gasteiger partial charge >= 0.3 is 6.03 Å². The normalized spacial score (nSPS) is 15.2. The molecule has 43 heavy (non-hydrogen) atoms. The lowest BCUT2D eigenvalue weighted by molar-refractivity contribution is 0.169. The van der Waals surface area contributed by atoms with E-state index in [1.807, 2.05) is 56.3 Å². The van der Waals surface area contributed by atoms with Gasteiger partial charge in [-0.25, -0.2) is 13.2 Å². The van der Waals surface area contributed by atoms with E-state index in [1.165, 1.54) is 4.31 Å². The van der Waals surface area contributed by atoms with E-state index in [0.717, 1.165) is 33.4 Å². The van der Waals surface area contributed by atoms with E-state index in [9.17, 15) is 13.2 Å². The molecule has 0 bridgehead atoms. The van der Waals surface area contributed by atoms with Crippen molar-refractivity contribution in [1.82, 2.24) is 14.5 Å². The van der Waals surface area contributed by atoms with Gasteiger partial charge in [-0.15, -0.1) is 0 Å². The summed E-state index contributed by atoms with van der Waals surface area (Å²) >= 11 is 0. The Bertz CT molecular complexity index is 1550. The highest BCUT2D eigenvalue weighted by Crippen LogP contribution is 2.33. The van der Waals surface area contributed by atoms with E-state index in [4.69, 9.17) is 9.47 Å². The number of hydrogen-bond donors (Lipinski definition) is 1. The molecule has 1 N–H and O–H groups in total. The molecular weight excluding hydrogens is 562 g/mol. The van der Waals surface area contributed by atoms with Crippen molar-refractivity contribution in [2.75, 3.05) is 40.4 Å². The summed E-state index contributed by atoms with van der Waals surface area (Å²) in [4.78, 5) is 15.7. The third-order valence-corrected chi connectivity index (χ3v) is 10.4. The highest BCUT2D eigenvalue weighted by atomic mass is 32.2. The van der Waals surface area contributed by atoms with Gasteiger partial charge in [-0.1, -0.05) is 63.2 Å². The van der Waals surface area contributed by atoms with Gasteiger partial charge in [0, 0.05) is 26.2 Å². The number of amides is 2. The minimum Gasteiger partial charge on any atom is -0.493 e. The number of sulfonamides is 1. The molecule has 0 spiro atoms. The second-order valence-electron chi connectivity index (χ2n) is 12.3. The van der Waals surface area contributed by atoms with Crippen LogP contribution in [0.3, 0.4) is 0 Å². The monoisotopic (exact) mass is 607 g/mol. The molecule has 1 saturated heterocycles. The average Bonchev–Trinajstić information content (AvgIpc) is 2.96. The summed E-state index contributed by atoms with van der Waals surface area (Å²) in [5.41, 5.74) is 5.69. The number of ether oxygens (including phenoxy) is 2. The molecule has 1 unspecified atom stereocenters. The molecule has 0 aromatic heterocycles. The zero-order valence-corrected chi connectivity index (χ0v) is 27.5. The third-order valence-electron chi connectivity index (χ3n) is 8.24. The Morgan fingerprint density at radius 2 is 1.47 bits per heavy atom. The second kappa shape index (κ2) is 13.0. The summed E-state index contributed by atoms with van der Waals surface area (Å²) in [7, 11) is -0.531. The summed E-state index contributed by atoms with van der Waals surface area (Å²) in [6.07, 6.45) is 0.589. The molecule has 1 atom stereocenters. The number of hydrogen-bond acceptors (Lipinski definition) is 5. The Balaban J connectivity index is 1.51. The van der Waals surface area contributed by atoms with Crippen molar-refractivity contribution in [2.24, 2.45) is 0 Å². The van der Waals surface area contributed by atoms with Crippen LogP contribution in [0.4, 0.5) is 4.79 Å². The second-order valence-corrected chi connectivity index (χ2v) is 14.2. The number of methoxy groups -OCH3 is 2. The topological polar surface area (TPSA) is 88.2 Å². The smallest absolute Gasteiger partial charge is 0.317 e. The molecular formula is C34H45N3O5S. The molecule has 2 amide bonds. The Morgan fingerprint density at radius 1 is 0.860 bits per heavy atom. The van der Waals surface area contributed by atoms with Crippen LogP contribution in [0, 0.1) is 20.8 Å². The van der Waals surface area contributed by atoms with Crippen LogP contribution in [-0.2, 0) is 21.9 Å². The van der Waals surface area contributed by atoms with Crippen LogP contribution >= 0.6 is 0 Å². The molecule has 9 heteroatoms. The molecule has 232 valence electrons. The van der Waals surface area contributed by atoms with Gasteiger partial charge in [0.05, 0.1) is 25.2 Å². The molecule has 4 rings (SSSR count). The highest BCUT2D eigenvalue weighted by Gasteiger charge is 2.33. The van der Waals surface area contributed by atoms with Crippen molar-refractivity contribution >= 4 is 16.1 Å². The largest absolute Gasteiger partial charge is 0.493 e. The number of piperazine rings is 1. The predicted molar refractivity (Wildman–Crippen MR) is 171 cm³/mol. The van der Waals surface area contributed by atoms with Gasteiger partial charge in [0.25, 0.3) is 0 Å². The fraction of sp³-hybridized carbons (Fsp3) is 0.441. The lowest BCUT2D eigenvalue weighted by atomic mass is 9.85. The molecule has 1 aliphatic heterocycles. The van der Waals surface area contributed by atoms with Crippen LogP contribution in [0.1, 0.15) is 60.2 Å². The van der Waals surface area contributed by atoms with Gasteiger partial charge in [-0.05, 0) is 78.1 Å². The number of nitrogens with zero attached hydrogens (tertiary/aromatic N) is 2. The molecule has 0 saturated carbocycles. The minimum atomic E-state index is -3.71. The third kappa shape index (κ3) is 7.16. The maximum Gasteiger partial charge on any atom is 0.317 e. The number of nitrogens with one attached hydrogen (secondary N) is 1. The van der Waals surface area contributed by atoms with Gasteiger partial charge in [-0.3, -0.25) is 0 Å². The van der Waals surface area contributed by atoms with E-state index in [-0.39, 0.29) is 30.6 Å². The molecule has 1 fully saturated rings. The van der Waals surface area contributed by atoms with Crippen molar-refractivity contribution in [2.45, 2.75) is 64.3 Å². The van der Waals surface area contributed by atoms with Crippen molar-refractivity contribution in [1.29, 1.82) is 0 Å². The molecule has 3 aromatic carbocycles. The van der Waals surface area contributed by atoms with E-state index in [1.54, 1.807) is 19.1 Å². The number of carbonyl (C=O) groups is 1. The van der Waals surface area contributed by atoms with Gasteiger partial charge in [-0.2, -0.15) is 4.31 Å². The van der Waals surface area contributed by atoms with E-state index in [0.29, 0.717) is 35.9 Å². The van der Waals surface area contributed by atoms with Crippen molar-refractivity contribution in [3.05, 3.63) is 88.0 Å². The maximum atomic E-state index is 13.8. The van der Waals surface area contributed by atoms with Crippen molar-refractivity contribution < 1.29 is 22.7 Å². The molecule has 0 aliphatic carbocycles. The first-order valence-corrected chi connectivity index (χ1v) is 16.1. The quantitative estimate of drug-likeness (QED) is 0.343. The number of benzene rings is 3. The SMILES string of the molecule is COc1ccc(C(Cc2ccccc2C)NC(=O)N2CCN(S(=O)(=O)c3c(C)cc(C(C)(C)C)cc3C)CC2)cc1OC.